The van der Waals surface area contributed by atoms with Gasteiger partial charge in [0.25, 0.3) is 0 Å². The molecule has 0 saturated carbocycles. The summed E-state index contributed by atoms with van der Waals surface area (Å²) in [6.45, 7) is 6.02. The van der Waals surface area contributed by atoms with Crippen LogP contribution in [-0.2, 0) is 22.4 Å². The Morgan fingerprint density at radius 1 is 1.17 bits per heavy atom. The van der Waals surface area contributed by atoms with E-state index in [1.165, 1.54) is 16.1 Å². The number of amides is 1. The van der Waals surface area contributed by atoms with Gasteiger partial charge in [0.15, 0.2) is 0 Å². The molecule has 2 fully saturated rings. The topological polar surface area (TPSA) is 103 Å². The maximum atomic E-state index is 13.4. The van der Waals surface area contributed by atoms with E-state index in [9.17, 15) is 4.79 Å². The molecule has 3 aliphatic rings. The van der Waals surface area contributed by atoms with Gasteiger partial charge in [-0.1, -0.05) is 0 Å². The molecule has 7 rings (SSSR count). The molecule has 5 heterocycles. The summed E-state index contributed by atoms with van der Waals surface area (Å²) >= 11 is 1.72. The second-order valence-corrected chi connectivity index (χ2v) is 13.0. The maximum Gasteiger partial charge on any atom is 0.226 e. The van der Waals surface area contributed by atoms with Gasteiger partial charge in [-0.25, -0.2) is 9.97 Å². The maximum absolute atomic E-state index is 13.4. The number of ether oxygens (including phenoxy) is 1. The van der Waals surface area contributed by atoms with Gasteiger partial charge >= 0.3 is 0 Å². The highest BCUT2D eigenvalue weighted by molar-refractivity contribution is 7.19. The number of hydrogen-bond donors (Lipinski definition) is 2. The van der Waals surface area contributed by atoms with Gasteiger partial charge < -0.3 is 24.8 Å². The third-order valence-electron chi connectivity index (χ3n) is 9.19. The molecule has 2 atom stereocenters. The molecule has 1 aliphatic carbocycles. The molecule has 2 aliphatic heterocycles. The Morgan fingerprint density at radius 3 is 2.83 bits per heavy atom. The fourth-order valence-electron chi connectivity index (χ4n) is 6.80. The Hall–Kier alpha value is -3.28. The minimum Gasteiger partial charge on any atom is -0.377 e. The first kappa shape index (κ1) is 26.6. The lowest BCUT2D eigenvalue weighted by atomic mass is 9.86. The van der Waals surface area contributed by atoms with Crippen molar-refractivity contribution in [1.29, 1.82) is 0 Å². The molecular weight excluding hydrogens is 536 g/mol. The number of rotatable bonds is 5. The SMILES string of the molecule is C[C@@H]1COCCN1C(=O)[C@H]1CCc2c(sc3ncnc(Nc4cc5cn[nH]c5cc4N4CCC(N(C)C)CC4)c23)C1. The van der Waals surface area contributed by atoms with Gasteiger partial charge in [-0.2, -0.15) is 5.10 Å². The molecule has 11 heteroatoms. The predicted octanol–water partition coefficient (Wildman–Crippen LogP) is 4.19. The van der Waals surface area contributed by atoms with Crippen molar-refractivity contribution in [3.05, 3.63) is 35.1 Å². The first-order valence-corrected chi connectivity index (χ1v) is 15.6. The third-order valence-corrected chi connectivity index (χ3v) is 10.4. The molecular formula is C30H38N8O2S. The molecule has 41 heavy (non-hydrogen) atoms. The van der Waals surface area contributed by atoms with Gasteiger partial charge in [0, 0.05) is 41.9 Å². The van der Waals surface area contributed by atoms with Crippen LogP contribution in [0.25, 0.3) is 21.1 Å². The van der Waals surface area contributed by atoms with Gasteiger partial charge in [0.1, 0.15) is 17.0 Å². The lowest BCUT2D eigenvalue weighted by Gasteiger charge is -2.37. The summed E-state index contributed by atoms with van der Waals surface area (Å²) < 4.78 is 5.56. The van der Waals surface area contributed by atoms with Crippen molar-refractivity contribution in [2.75, 3.05) is 57.2 Å². The highest BCUT2D eigenvalue weighted by Crippen LogP contribution is 2.42. The van der Waals surface area contributed by atoms with E-state index in [1.54, 1.807) is 17.7 Å². The van der Waals surface area contributed by atoms with Gasteiger partial charge in [-0.15, -0.1) is 11.3 Å². The number of carbonyl (C=O) groups is 1. The molecule has 2 saturated heterocycles. The summed E-state index contributed by atoms with van der Waals surface area (Å²) in [5, 5.41) is 13.3. The largest absolute Gasteiger partial charge is 0.377 e. The Bertz CT molecular complexity index is 1570. The van der Waals surface area contributed by atoms with Crippen LogP contribution in [0.5, 0.6) is 0 Å². The number of piperidine rings is 1. The summed E-state index contributed by atoms with van der Waals surface area (Å²) in [5.74, 6) is 1.12. The van der Waals surface area contributed by atoms with Crippen LogP contribution in [0.15, 0.2) is 24.7 Å². The van der Waals surface area contributed by atoms with E-state index >= 15 is 0 Å². The average molecular weight is 575 g/mol. The number of anilines is 3. The number of benzene rings is 1. The number of morpholine rings is 1. The van der Waals surface area contributed by atoms with E-state index in [1.807, 2.05) is 11.1 Å². The number of aryl methyl sites for hydroxylation is 1. The number of nitrogens with zero attached hydrogens (tertiary/aromatic N) is 6. The fourth-order valence-corrected chi connectivity index (χ4v) is 8.06. The van der Waals surface area contributed by atoms with Crippen molar-refractivity contribution < 1.29 is 9.53 Å². The molecule has 216 valence electrons. The molecule has 0 radical (unpaired) electrons. The molecule has 0 unspecified atom stereocenters. The van der Waals surface area contributed by atoms with E-state index in [0.29, 0.717) is 25.8 Å². The lowest BCUT2D eigenvalue weighted by molar-refractivity contribution is -0.143. The van der Waals surface area contributed by atoms with Gasteiger partial charge in [-0.3, -0.25) is 9.89 Å². The second-order valence-electron chi connectivity index (χ2n) is 11.9. The Morgan fingerprint density at radius 2 is 2.02 bits per heavy atom. The zero-order chi connectivity index (χ0) is 28.1. The fraction of sp³-hybridized carbons (Fsp3) is 0.533. The average Bonchev–Trinajstić information content (AvgIpc) is 3.60. The number of nitrogens with one attached hydrogen (secondary N) is 2. The van der Waals surface area contributed by atoms with Gasteiger partial charge in [-0.05, 0) is 70.8 Å². The number of H-pyrrole nitrogens is 1. The zero-order valence-corrected chi connectivity index (χ0v) is 24.8. The normalized spacial score (nSPS) is 22.0. The van der Waals surface area contributed by atoms with Gasteiger partial charge in [0.2, 0.25) is 5.91 Å². The first-order valence-electron chi connectivity index (χ1n) is 14.7. The standard InChI is InChI=1S/C30H38N8O2S/c1-18-16-40-11-10-38(18)30(39)19-4-5-22-26(13-19)41-29-27(22)28(31-17-32-29)34-24-12-20-15-33-35-23(20)14-25(24)37-8-6-21(7-9-37)36(2)3/h12,14-15,17-19,21H,4-11,13,16H2,1-3H3,(H,33,35)(H,31,32,34)/t18-,19+/m1/s1. The third kappa shape index (κ3) is 4.93. The molecule has 3 aromatic heterocycles. The van der Waals surface area contributed by atoms with Crippen molar-refractivity contribution >= 4 is 55.6 Å². The van der Waals surface area contributed by atoms with Crippen molar-refractivity contribution in [1.82, 2.24) is 30.0 Å². The van der Waals surface area contributed by atoms with Crippen LogP contribution < -0.4 is 10.2 Å². The quantitative estimate of drug-likeness (QED) is 0.366. The smallest absolute Gasteiger partial charge is 0.226 e. The number of carbonyl (C=O) groups excluding carboxylic acids is 1. The van der Waals surface area contributed by atoms with Gasteiger partial charge in [0.05, 0.1) is 47.7 Å². The highest BCUT2D eigenvalue weighted by atomic mass is 32.1. The van der Waals surface area contributed by atoms with E-state index in [4.69, 9.17) is 9.72 Å². The minimum absolute atomic E-state index is 0.0145. The predicted molar refractivity (Wildman–Crippen MR) is 163 cm³/mol. The number of aromatic nitrogens is 4. The Labute approximate surface area is 244 Å². The van der Waals surface area contributed by atoms with Crippen LogP contribution in [-0.4, -0.2) is 94.9 Å². The number of thiophene rings is 1. The number of fused-ring (bicyclic) bond motifs is 4. The molecule has 1 amide bonds. The summed E-state index contributed by atoms with van der Waals surface area (Å²) in [6, 6.07) is 5.14. The van der Waals surface area contributed by atoms with Crippen molar-refractivity contribution in [3.63, 3.8) is 0 Å². The van der Waals surface area contributed by atoms with Crippen LogP contribution in [0.4, 0.5) is 17.2 Å². The second kappa shape index (κ2) is 10.8. The number of aromatic amines is 1. The summed E-state index contributed by atoms with van der Waals surface area (Å²) in [4.78, 5) is 32.0. The molecule has 4 aromatic rings. The summed E-state index contributed by atoms with van der Waals surface area (Å²) in [6.07, 6.45) is 8.27. The van der Waals surface area contributed by atoms with Crippen LogP contribution in [0.3, 0.4) is 0 Å². The van der Waals surface area contributed by atoms with E-state index < -0.39 is 0 Å². The Balaban J connectivity index is 1.19. The lowest BCUT2D eigenvalue weighted by Crippen LogP contribution is -2.50. The molecule has 0 spiro atoms. The molecule has 0 bridgehead atoms. The van der Waals surface area contributed by atoms with Crippen LogP contribution in [0.2, 0.25) is 0 Å². The van der Waals surface area contributed by atoms with E-state index in [-0.39, 0.29) is 17.9 Å². The van der Waals surface area contributed by atoms with E-state index in [2.05, 4.69) is 63.4 Å². The van der Waals surface area contributed by atoms with Crippen molar-refractivity contribution in [2.24, 2.45) is 5.92 Å². The first-order chi connectivity index (χ1) is 20.0. The van der Waals surface area contributed by atoms with Crippen LogP contribution in [0, 0.1) is 5.92 Å². The van der Waals surface area contributed by atoms with Crippen molar-refractivity contribution in [3.8, 4) is 0 Å². The van der Waals surface area contributed by atoms with Crippen molar-refractivity contribution in [2.45, 2.75) is 51.1 Å². The molecule has 10 nitrogen and oxygen atoms in total. The van der Waals surface area contributed by atoms with Crippen LogP contribution in [0.1, 0.15) is 36.6 Å². The van der Waals surface area contributed by atoms with E-state index in [0.717, 1.165) is 77.8 Å². The van der Waals surface area contributed by atoms with Crippen LogP contribution >= 0.6 is 11.3 Å². The Kier molecular flexibility index (Phi) is 7.04. The minimum atomic E-state index is 0.0145. The monoisotopic (exact) mass is 574 g/mol. The summed E-state index contributed by atoms with van der Waals surface area (Å²) in [7, 11) is 4.35. The molecule has 2 N–H and O–H groups in total. The summed E-state index contributed by atoms with van der Waals surface area (Å²) in [5.41, 5.74) is 4.53. The highest BCUT2D eigenvalue weighted by Gasteiger charge is 2.34. The zero-order valence-electron chi connectivity index (χ0n) is 24.0. The molecule has 1 aromatic carbocycles. The number of hydrogen-bond acceptors (Lipinski definition) is 9.